The molecular formula is C14H18F4N2O2S. The van der Waals surface area contributed by atoms with Gasteiger partial charge in [-0.3, -0.25) is 0 Å². The summed E-state index contributed by atoms with van der Waals surface area (Å²) in [6, 6.07) is -0.300. The number of hydrogen-bond acceptors (Lipinski definition) is 3. The van der Waals surface area contributed by atoms with E-state index in [2.05, 4.69) is 5.32 Å². The minimum Gasteiger partial charge on any atom is -0.312 e. The van der Waals surface area contributed by atoms with Crippen LogP contribution in [0.15, 0.2) is 11.0 Å². The maximum atomic E-state index is 13.6. The number of piperidine rings is 1. The number of sulfonamides is 1. The molecule has 0 saturated carbocycles. The highest BCUT2D eigenvalue weighted by Crippen LogP contribution is 2.30. The summed E-state index contributed by atoms with van der Waals surface area (Å²) in [7, 11) is -4.74. The van der Waals surface area contributed by atoms with Crippen LogP contribution < -0.4 is 10.0 Å². The predicted molar refractivity (Wildman–Crippen MR) is 76.3 cm³/mol. The average molecular weight is 354 g/mol. The first-order chi connectivity index (χ1) is 10.6. The summed E-state index contributed by atoms with van der Waals surface area (Å²) in [4.78, 5) is -1.64. The maximum absolute atomic E-state index is 13.6. The molecule has 0 aromatic heterocycles. The van der Waals surface area contributed by atoms with E-state index >= 15 is 0 Å². The topological polar surface area (TPSA) is 58.2 Å². The predicted octanol–water partition coefficient (Wildman–Crippen LogP) is 2.30. The average Bonchev–Trinajstić information content (AvgIpc) is 2.43. The van der Waals surface area contributed by atoms with Crippen LogP contribution in [0.2, 0.25) is 0 Å². The van der Waals surface area contributed by atoms with Crippen molar-refractivity contribution < 1.29 is 26.0 Å². The fourth-order valence-electron chi connectivity index (χ4n) is 2.67. The summed E-state index contributed by atoms with van der Waals surface area (Å²) in [5, 5.41) is 3.12. The van der Waals surface area contributed by atoms with Gasteiger partial charge in [0.05, 0.1) is 0 Å². The Labute approximate surface area is 132 Å². The molecule has 0 aliphatic carbocycles. The quantitative estimate of drug-likeness (QED) is 0.644. The van der Waals surface area contributed by atoms with Gasteiger partial charge in [-0.2, -0.15) is 0 Å². The Bertz CT molecular complexity index is 681. The van der Waals surface area contributed by atoms with Gasteiger partial charge in [0.25, 0.3) is 0 Å². The normalized spacial score (nSPS) is 21.4. The van der Waals surface area contributed by atoms with Crippen LogP contribution in [0, 0.1) is 28.7 Å². The van der Waals surface area contributed by atoms with E-state index in [0.29, 0.717) is 6.54 Å². The van der Waals surface area contributed by atoms with Gasteiger partial charge in [0.1, 0.15) is 0 Å². The van der Waals surface area contributed by atoms with Crippen molar-refractivity contribution in [1.29, 1.82) is 0 Å². The van der Waals surface area contributed by atoms with E-state index < -0.39 is 38.2 Å². The van der Waals surface area contributed by atoms with Crippen LogP contribution in [0.3, 0.4) is 0 Å². The molecule has 1 saturated heterocycles. The van der Waals surface area contributed by atoms with E-state index in [-0.39, 0.29) is 24.1 Å². The van der Waals surface area contributed by atoms with Gasteiger partial charge in [-0.1, -0.05) is 13.8 Å². The lowest BCUT2D eigenvalue weighted by Gasteiger charge is -2.39. The third kappa shape index (κ3) is 3.67. The summed E-state index contributed by atoms with van der Waals surface area (Å²) >= 11 is 0. The Morgan fingerprint density at radius 1 is 1.22 bits per heavy atom. The molecule has 4 nitrogen and oxygen atoms in total. The fourth-order valence-corrected chi connectivity index (χ4v) is 3.87. The van der Waals surface area contributed by atoms with Crippen molar-refractivity contribution >= 4 is 10.0 Å². The van der Waals surface area contributed by atoms with E-state index in [1.165, 1.54) is 0 Å². The molecule has 1 atom stereocenters. The minimum atomic E-state index is -4.74. The van der Waals surface area contributed by atoms with Crippen molar-refractivity contribution in [3.63, 3.8) is 0 Å². The molecule has 2 N–H and O–H groups in total. The summed E-state index contributed by atoms with van der Waals surface area (Å²) < 4.78 is 79.8. The van der Waals surface area contributed by atoms with E-state index in [9.17, 15) is 26.0 Å². The van der Waals surface area contributed by atoms with E-state index in [1.807, 2.05) is 18.6 Å². The highest BCUT2D eigenvalue weighted by molar-refractivity contribution is 7.89. The monoisotopic (exact) mass is 354 g/mol. The lowest BCUT2D eigenvalue weighted by molar-refractivity contribution is 0.181. The Hall–Kier alpha value is -1.19. The van der Waals surface area contributed by atoms with Gasteiger partial charge in [-0.15, -0.1) is 0 Å². The zero-order valence-electron chi connectivity index (χ0n) is 12.7. The fraction of sp³-hybridized carbons (Fsp3) is 0.571. The van der Waals surface area contributed by atoms with Crippen LogP contribution in [-0.4, -0.2) is 27.5 Å². The number of halogens is 4. The van der Waals surface area contributed by atoms with Gasteiger partial charge in [0, 0.05) is 18.7 Å². The van der Waals surface area contributed by atoms with Crippen molar-refractivity contribution in [2.75, 3.05) is 13.1 Å². The first-order valence-electron chi connectivity index (χ1n) is 7.12. The maximum Gasteiger partial charge on any atom is 0.246 e. The summed E-state index contributed by atoms with van der Waals surface area (Å²) in [5.74, 6) is -7.40. The molecule has 130 valence electrons. The molecular weight excluding hydrogens is 336 g/mol. The van der Waals surface area contributed by atoms with Crippen molar-refractivity contribution in [3.8, 4) is 0 Å². The van der Waals surface area contributed by atoms with Crippen molar-refractivity contribution in [2.45, 2.75) is 37.6 Å². The molecule has 1 fully saturated rings. The van der Waals surface area contributed by atoms with E-state index in [0.717, 1.165) is 12.8 Å². The van der Waals surface area contributed by atoms with Gasteiger partial charge in [0.2, 0.25) is 10.0 Å². The van der Waals surface area contributed by atoms with E-state index in [1.54, 1.807) is 0 Å². The van der Waals surface area contributed by atoms with Gasteiger partial charge in [0.15, 0.2) is 28.2 Å². The first-order valence-corrected chi connectivity index (χ1v) is 8.60. The molecule has 1 heterocycles. The second-order valence-electron chi connectivity index (χ2n) is 6.25. The summed E-state index contributed by atoms with van der Waals surface area (Å²) in [6.45, 7) is 4.40. The minimum absolute atomic E-state index is 0.0323. The Morgan fingerprint density at radius 3 is 2.30 bits per heavy atom. The molecule has 1 aliphatic rings. The molecule has 2 rings (SSSR count). The molecule has 1 aromatic carbocycles. The van der Waals surface area contributed by atoms with Crippen LogP contribution in [0.4, 0.5) is 17.6 Å². The highest BCUT2D eigenvalue weighted by Gasteiger charge is 2.35. The lowest BCUT2D eigenvalue weighted by Crippen LogP contribution is -2.52. The molecule has 1 aromatic rings. The zero-order valence-corrected chi connectivity index (χ0v) is 13.5. The molecule has 0 spiro atoms. The Morgan fingerprint density at radius 2 is 1.78 bits per heavy atom. The smallest absolute Gasteiger partial charge is 0.246 e. The van der Waals surface area contributed by atoms with Crippen molar-refractivity contribution in [3.05, 3.63) is 29.3 Å². The highest BCUT2D eigenvalue weighted by atomic mass is 32.2. The van der Waals surface area contributed by atoms with Crippen molar-refractivity contribution in [2.24, 2.45) is 5.41 Å². The molecule has 23 heavy (non-hydrogen) atoms. The summed E-state index contributed by atoms with van der Waals surface area (Å²) in [5.41, 5.74) is -0.231. The number of rotatable bonds is 4. The van der Waals surface area contributed by atoms with Crippen LogP contribution in [-0.2, 0) is 10.0 Å². The number of hydrogen-bond donors (Lipinski definition) is 2. The van der Waals surface area contributed by atoms with E-state index in [4.69, 9.17) is 0 Å². The standard InChI is InChI=1S/C14H18F4N2O2S/c1-14(2)4-3-5-19-10(14)7-20-23(21,22)13-11(17)8(15)6-9(16)12(13)18/h6,10,19-20H,3-5,7H2,1-2H3. The van der Waals surface area contributed by atoms with Crippen LogP contribution >= 0.6 is 0 Å². The number of benzene rings is 1. The van der Waals surface area contributed by atoms with Gasteiger partial charge < -0.3 is 5.32 Å². The largest absolute Gasteiger partial charge is 0.312 e. The lowest BCUT2D eigenvalue weighted by atomic mass is 9.78. The Kier molecular flexibility index (Phi) is 5.03. The second-order valence-corrected chi connectivity index (χ2v) is 7.95. The third-order valence-electron chi connectivity index (χ3n) is 4.15. The summed E-state index contributed by atoms with van der Waals surface area (Å²) in [6.07, 6.45) is 1.78. The van der Waals surface area contributed by atoms with Crippen molar-refractivity contribution in [1.82, 2.24) is 10.0 Å². The second kappa shape index (κ2) is 6.37. The Balaban J connectivity index is 2.27. The van der Waals surface area contributed by atoms with Gasteiger partial charge in [-0.05, 0) is 24.8 Å². The third-order valence-corrected chi connectivity index (χ3v) is 5.59. The molecule has 0 radical (unpaired) electrons. The van der Waals surface area contributed by atoms with Crippen LogP contribution in [0.25, 0.3) is 0 Å². The molecule has 1 unspecified atom stereocenters. The number of nitrogens with one attached hydrogen (secondary N) is 2. The van der Waals surface area contributed by atoms with Crippen LogP contribution in [0.1, 0.15) is 26.7 Å². The van der Waals surface area contributed by atoms with Gasteiger partial charge in [-0.25, -0.2) is 30.7 Å². The molecule has 0 amide bonds. The SMILES string of the molecule is CC1(C)CCCNC1CNS(=O)(=O)c1c(F)c(F)cc(F)c1F. The van der Waals surface area contributed by atoms with Crippen LogP contribution in [0.5, 0.6) is 0 Å². The zero-order chi connectivity index (χ0) is 17.4. The molecule has 0 bridgehead atoms. The first kappa shape index (κ1) is 18.2. The molecule has 1 aliphatic heterocycles. The van der Waals surface area contributed by atoms with Gasteiger partial charge >= 0.3 is 0 Å². The molecule has 9 heteroatoms.